The SMILES string of the molecule is C.C.C.CC(C)CC(C#N)N(C)C. The molecule has 0 spiro atoms. The summed E-state index contributed by atoms with van der Waals surface area (Å²) in [7, 11) is 3.88. The average molecular weight is 188 g/mol. The predicted octanol–water partition coefficient (Wildman–Crippen LogP) is 3.39. The zero-order valence-electron chi connectivity index (χ0n) is 7.26. The molecule has 0 aromatic carbocycles. The van der Waals surface area contributed by atoms with Gasteiger partial charge in [-0.1, -0.05) is 36.1 Å². The summed E-state index contributed by atoms with van der Waals surface area (Å²) in [5.74, 6) is 0.604. The first-order valence-corrected chi connectivity index (χ1v) is 3.64. The maximum absolute atomic E-state index is 8.65. The highest BCUT2D eigenvalue weighted by Crippen LogP contribution is 2.07. The zero-order chi connectivity index (χ0) is 8.15. The molecule has 0 bridgehead atoms. The highest BCUT2D eigenvalue weighted by atomic mass is 15.1. The van der Waals surface area contributed by atoms with Gasteiger partial charge in [0.15, 0.2) is 0 Å². The van der Waals surface area contributed by atoms with E-state index in [9.17, 15) is 0 Å². The van der Waals surface area contributed by atoms with Gasteiger partial charge in [-0.05, 0) is 26.4 Å². The summed E-state index contributed by atoms with van der Waals surface area (Å²) in [6.07, 6.45) is 0.962. The summed E-state index contributed by atoms with van der Waals surface area (Å²) in [6, 6.07) is 2.34. The molecular formula is C11H28N2. The Morgan fingerprint density at radius 2 is 1.54 bits per heavy atom. The molecule has 0 aromatic heterocycles. The van der Waals surface area contributed by atoms with E-state index in [0.29, 0.717) is 5.92 Å². The lowest BCUT2D eigenvalue weighted by Crippen LogP contribution is -2.27. The van der Waals surface area contributed by atoms with Crippen molar-refractivity contribution in [2.45, 2.75) is 48.6 Å². The number of nitrogens with zero attached hydrogens (tertiary/aromatic N) is 2. The maximum atomic E-state index is 8.65. The van der Waals surface area contributed by atoms with Gasteiger partial charge in [-0.15, -0.1) is 0 Å². The van der Waals surface area contributed by atoms with E-state index in [4.69, 9.17) is 5.26 Å². The first kappa shape index (κ1) is 22.9. The lowest BCUT2D eigenvalue weighted by atomic mass is 10.0. The van der Waals surface area contributed by atoms with Crippen LogP contribution in [0.15, 0.2) is 0 Å². The first-order valence-electron chi connectivity index (χ1n) is 3.64. The minimum absolute atomic E-state index is 0. The Labute approximate surface area is 85.6 Å². The summed E-state index contributed by atoms with van der Waals surface area (Å²) in [5.41, 5.74) is 0. The van der Waals surface area contributed by atoms with Crippen LogP contribution >= 0.6 is 0 Å². The molecule has 0 heterocycles. The number of hydrogen-bond donors (Lipinski definition) is 0. The van der Waals surface area contributed by atoms with E-state index in [2.05, 4.69) is 19.9 Å². The zero-order valence-corrected chi connectivity index (χ0v) is 7.26. The molecule has 1 unspecified atom stereocenters. The van der Waals surface area contributed by atoms with Crippen molar-refractivity contribution in [1.29, 1.82) is 5.26 Å². The van der Waals surface area contributed by atoms with E-state index in [1.54, 1.807) is 0 Å². The molecule has 0 N–H and O–H groups in total. The molecule has 0 fully saturated rings. The summed E-state index contributed by atoms with van der Waals surface area (Å²) in [5, 5.41) is 8.65. The summed E-state index contributed by atoms with van der Waals surface area (Å²) in [4.78, 5) is 1.96. The fourth-order valence-corrected chi connectivity index (χ4v) is 0.826. The third kappa shape index (κ3) is 11.5. The highest BCUT2D eigenvalue weighted by Gasteiger charge is 2.10. The molecular weight excluding hydrogens is 160 g/mol. The Morgan fingerprint density at radius 1 is 1.15 bits per heavy atom. The van der Waals surface area contributed by atoms with Gasteiger partial charge in [0, 0.05) is 0 Å². The molecule has 0 aliphatic rings. The fourth-order valence-electron chi connectivity index (χ4n) is 0.826. The fraction of sp³-hybridized carbons (Fsp3) is 0.909. The Morgan fingerprint density at radius 3 is 1.62 bits per heavy atom. The van der Waals surface area contributed by atoms with Crippen LogP contribution in [0.5, 0.6) is 0 Å². The van der Waals surface area contributed by atoms with E-state index in [-0.39, 0.29) is 28.3 Å². The molecule has 2 heteroatoms. The molecule has 0 amide bonds. The normalized spacial score (nSPS) is 10.5. The smallest absolute Gasteiger partial charge is 0.0975 e. The van der Waals surface area contributed by atoms with E-state index in [1.165, 1.54) is 0 Å². The van der Waals surface area contributed by atoms with Crippen molar-refractivity contribution < 1.29 is 0 Å². The quantitative estimate of drug-likeness (QED) is 0.679. The standard InChI is InChI=1S/C8H16N2.3CH4/c1-7(2)5-8(6-9)10(3)4;;;/h7-8H,5H2,1-4H3;3*1H4. The average Bonchev–Trinajstić information content (AvgIpc) is 1.81. The van der Waals surface area contributed by atoms with Gasteiger partial charge in [0.2, 0.25) is 0 Å². The van der Waals surface area contributed by atoms with Gasteiger partial charge in [-0.25, -0.2) is 0 Å². The molecule has 0 radical (unpaired) electrons. The monoisotopic (exact) mass is 188 g/mol. The molecule has 0 saturated carbocycles. The molecule has 13 heavy (non-hydrogen) atoms. The van der Waals surface area contributed by atoms with E-state index < -0.39 is 0 Å². The minimum Gasteiger partial charge on any atom is -0.294 e. The summed E-state index contributed by atoms with van der Waals surface area (Å²) < 4.78 is 0. The Kier molecular flexibility index (Phi) is 20.1. The van der Waals surface area contributed by atoms with E-state index in [1.807, 2.05) is 19.0 Å². The van der Waals surface area contributed by atoms with Crippen LogP contribution in [-0.2, 0) is 0 Å². The molecule has 0 rings (SSSR count). The minimum atomic E-state index is 0. The second kappa shape index (κ2) is 11.4. The van der Waals surface area contributed by atoms with Gasteiger partial charge in [0.05, 0.1) is 12.1 Å². The molecule has 1 atom stereocenters. The van der Waals surface area contributed by atoms with Crippen LogP contribution < -0.4 is 0 Å². The van der Waals surface area contributed by atoms with Gasteiger partial charge >= 0.3 is 0 Å². The van der Waals surface area contributed by atoms with Crippen LogP contribution in [-0.4, -0.2) is 25.0 Å². The second-order valence-corrected chi connectivity index (χ2v) is 3.24. The maximum Gasteiger partial charge on any atom is 0.0975 e. The number of nitriles is 1. The molecule has 82 valence electrons. The van der Waals surface area contributed by atoms with Crippen molar-refractivity contribution in [1.82, 2.24) is 4.90 Å². The van der Waals surface area contributed by atoms with Crippen molar-refractivity contribution in [2.75, 3.05) is 14.1 Å². The van der Waals surface area contributed by atoms with Crippen molar-refractivity contribution >= 4 is 0 Å². The Bertz CT molecular complexity index is 123. The van der Waals surface area contributed by atoms with Crippen LogP contribution in [0.25, 0.3) is 0 Å². The molecule has 0 saturated heterocycles. The topological polar surface area (TPSA) is 27.0 Å². The first-order chi connectivity index (χ1) is 4.57. The van der Waals surface area contributed by atoms with Gasteiger partial charge < -0.3 is 0 Å². The van der Waals surface area contributed by atoms with Crippen molar-refractivity contribution in [3.8, 4) is 6.07 Å². The summed E-state index contributed by atoms with van der Waals surface area (Å²) >= 11 is 0. The predicted molar refractivity (Wildman–Crippen MR) is 62.7 cm³/mol. The highest BCUT2D eigenvalue weighted by molar-refractivity contribution is 4.89. The van der Waals surface area contributed by atoms with Crippen LogP contribution in [0.4, 0.5) is 0 Å². The van der Waals surface area contributed by atoms with Gasteiger partial charge in [0.1, 0.15) is 0 Å². The Balaban J connectivity index is -0.000000135. The number of rotatable bonds is 3. The van der Waals surface area contributed by atoms with Crippen LogP contribution in [0.2, 0.25) is 0 Å². The largest absolute Gasteiger partial charge is 0.294 e. The van der Waals surface area contributed by atoms with Crippen molar-refractivity contribution in [2.24, 2.45) is 5.92 Å². The second-order valence-electron chi connectivity index (χ2n) is 3.24. The molecule has 0 aliphatic heterocycles. The van der Waals surface area contributed by atoms with Crippen LogP contribution in [0.3, 0.4) is 0 Å². The molecule has 0 aliphatic carbocycles. The van der Waals surface area contributed by atoms with Crippen molar-refractivity contribution in [3.63, 3.8) is 0 Å². The van der Waals surface area contributed by atoms with Gasteiger partial charge in [-0.3, -0.25) is 4.90 Å². The van der Waals surface area contributed by atoms with Crippen LogP contribution in [0.1, 0.15) is 42.5 Å². The third-order valence-corrected chi connectivity index (χ3v) is 1.47. The van der Waals surface area contributed by atoms with Gasteiger partial charge in [-0.2, -0.15) is 5.26 Å². The molecule has 0 aromatic rings. The van der Waals surface area contributed by atoms with Gasteiger partial charge in [0.25, 0.3) is 0 Å². The van der Waals surface area contributed by atoms with E-state index in [0.717, 1.165) is 6.42 Å². The van der Waals surface area contributed by atoms with Crippen LogP contribution in [0, 0.1) is 17.2 Å². The van der Waals surface area contributed by atoms with Crippen molar-refractivity contribution in [3.05, 3.63) is 0 Å². The lowest BCUT2D eigenvalue weighted by Gasteiger charge is -2.18. The summed E-state index contributed by atoms with van der Waals surface area (Å²) in [6.45, 7) is 4.27. The molecule has 2 nitrogen and oxygen atoms in total. The Hall–Kier alpha value is -0.550. The number of hydrogen-bond acceptors (Lipinski definition) is 2. The van der Waals surface area contributed by atoms with E-state index >= 15 is 0 Å². The third-order valence-electron chi connectivity index (χ3n) is 1.47. The lowest BCUT2D eigenvalue weighted by molar-refractivity contribution is 0.307.